The zero-order chi connectivity index (χ0) is 19.8. The molecule has 3 heterocycles. The highest BCUT2D eigenvalue weighted by Gasteiger charge is 2.18. The Kier molecular flexibility index (Phi) is 4.34. The maximum Gasteiger partial charge on any atom is 0.275 e. The third kappa shape index (κ3) is 3.22. The van der Waals surface area contributed by atoms with Crippen LogP contribution in [0, 0.1) is 12.7 Å². The highest BCUT2D eigenvalue weighted by atomic mass is 19.1. The average Bonchev–Trinajstić information content (AvgIpc) is 3.27. The molecule has 28 heavy (non-hydrogen) atoms. The maximum absolute atomic E-state index is 13.2. The smallest absolute Gasteiger partial charge is 0.275 e. The van der Waals surface area contributed by atoms with Gasteiger partial charge in [0.1, 0.15) is 17.8 Å². The molecule has 0 aliphatic carbocycles. The van der Waals surface area contributed by atoms with E-state index in [1.165, 1.54) is 23.0 Å². The standard InChI is InChI=1S/C19H18FN7O/c1-11(2)26-12(3)8-17(25-26)24-18(28)16-9-15(13-4-6-14(20)7-5-13)23-19-21-10-22-27(16)19/h4-11H,1-3H3,(H,24,25,28). The van der Waals surface area contributed by atoms with Crippen molar-refractivity contribution in [3.05, 3.63) is 59.9 Å². The van der Waals surface area contributed by atoms with Crippen molar-refractivity contribution in [3.63, 3.8) is 0 Å². The zero-order valence-corrected chi connectivity index (χ0v) is 15.6. The summed E-state index contributed by atoms with van der Waals surface area (Å²) in [7, 11) is 0. The number of carbonyl (C=O) groups is 1. The molecule has 0 saturated heterocycles. The van der Waals surface area contributed by atoms with Crippen LogP contribution in [0.25, 0.3) is 17.0 Å². The Bertz CT molecular complexity index is 1160. The number of hydrogen-bond donors (Lipinski definition) is 1. The van der Waals surface area contributed by atoms with Gasteiger partial charge in [-0.15, -0.1) is 0 Å². The summed E-state index contributed by atoms with van der Waals surface area (Å²) in [4.78, 5) is 21.4. The summed E-state index contributed by atoms with van der Waals surface area (Å²) < 4.78 is 16.4. The summed E-state index contributed by atoms with van der Waals surface area (Å²) >= 11 is 0. The lowest BCUT2D eigenvalue weighted by atomic mass is 10.1. The predicted molar refractivity (Wildman–Crippen MR) is 101 cm³/mol. The van der Waals surface area contributed by atoms with Crippen molar-refractivity contribution in [2.24, 2.45) is 0 Å². The fraction of sp³-hybridized carbons (Fsp3) is 0.211. The van der Waals surface area contributed by atoms with Gasteiger partial charge in [-0.2, -0.15) is 19.7 Å². The molecule has 1 aromatic carbocycles. The number of rotatable bonds is 4. The van der Waals surface area contributed by atoms with Crippen LogP contribution in [-0.4, -0.2) is 35.3 Å². The molecular formula is C19H18FN7O. The molecule has 0 saturated carbocycles. The van der Waals surface area contributed by atoms with Gasteiger partial charge in [0.25, 0.3) is 11.7 Å². The Balaban J connectivity index is 1.73. The van der Waals surface area contributed by atoms with Crippen LogP contribution in [0.4, 0.5) is 10.2 Å². The van der Waals surface area contributed by atoms with Crippen LogP contribution in [0.1, 0.15) is 36.1 Å². The lowest BCUT2D eigenvalue weighted by Crippen LogP contribution is -2.18. The highest BCUT2D eigenvalue weighted by Crippen LogP contribution is 2.21. The van der Waals surface area contributed by atoms with E-state index in [2.05, 4.69) is 25.5 Å². The molecule has 0 fully saturated rings. The van der Waals surface area contributed by atoms with E-state index in [4.69, 9.17) is 0 Å². The van der Waals surface area contributed by atoms with Crippen molar-refractivity contribution in [1.82, 2.24) is 29.4 Å². The van der Waals surface area contributed by atoms with E-state index < -0.39 is 5.91 Å². The van der Waals surface area contributed by atoms with E-state index in [0.717, 1.165) is 5.69 Å². The van der Waals surface area contributed by atoms with E-state index in [1.54, 1.807) is 24.3 Å². The molecule has 0 radical (unpaired) electrons. The molecule has 0 aliphatic rings. The minimum atomic E-state index is -0.394. The van der Waals surface area contributed by atoms with Crippen LogP contribution in [0.3, 0.4) is 0 Å². The summed E-state index contributed by atoms with van der Waals surface area (Å²) in [6.45, 7) is 5.96. The fourth-order valence-corrected chi connectivity index (χ4v) is 2.99. The molecule has 0 aliphatic heterocycles. The lowest BCUT2D eigenvalue weighted by Gasteiger charge is -2.08. The summed E-state index contributed by atoms with van der Waals surface area (Å²) in [5.74, 6) is -0.0171. The molecule has 8 nitrogen and oxygen atoms in total. The van der Waals surface area contributed by atoms with Gasteiger partial charge in [-0.1, -0.05) is 0 Å². The van der Waals surface area contributed by atoms with Gasteiger partial charge in [0.2, 0.25) is 0 Å². The Morgan fingerprint density at radius 2 is 1.93 bits per heavy atom. The SMILES string of the molecule is Cc1cc(NC(=O)c2cc(-c3ccc(F)cc3)nc3ncnn23)nn1C(C)C. The van der Waals surface area contributed by atoms with E-state index >= 15 is 0 Å². The normalized spacial score (nSPS) is 11.3. The van der Waals surface area contributed by atoms with Crippen LogP contribution in [0.2, 0.25) is 0 Å². The van der Waals surface area contributed by atoms with Crippen molar-refractivity contribution in [2.45, 2.75) is 26.8 Å². The third-order valence-corrected chi connectivity index (χ3v) is 4.28. The number of aromatic nitrogens is 6. The molecule has 0 atom stereocenters. The summed E-state index contributed by atoms with van der Waals surface area (Å²) in [5, 5.41) is 11.3. The number of hydrogen-bond acceptors (Lipinski definition) is 5. The molecule has 0 bridgehead atoms. The summed E-state index contributed by atoms with van der Waals surface area (Å²) in [5.41, 5.74) is 2.35. The minimum absolute atomic E-state index is 0.179. The largest absolute Gasteiger partial charge is 0.304 e. The van der Waals surface area contributed by atoms with E-state index in [0.29, 0.717) is 17.1 Å². The number of anilines is 1. The second-order valence-electron chi connectivity index (χ2n) is 6.67. The third-order valence-electron chi connectivity index (χ3n) is 4.28. The molecule has 3 aromatic heterocycles. The van der Waals surface area contributed by atoms with Crippen molar-refractivity contribution < 1.29 is 9.18 Å². The average molecular weight is 379 g/mol. The Labute approximate surface area is 160 Å². The Hall–Kier alpha value is -3.62. The molecule has 4 rings (SSSR count). The lowest BCUT2D eigenvalue weighted by molar-refractivity contribution is 0.101. The molecule has 142 valence electrons. The molecular weight excluding hydrogens is 361 g/mol. The first-order valence-electron chi connectivity index (χ1n) is 8.76. The first-order chi connectivity index (χ1) is 13.4. The predicted octanol–water partition coefficient (Wildman–Crippen LogP) is 3.27. The van der Waals surface area contributed by atoms with Gasteiger partial charge >= 0.3 is 0 Å². The fourth-order valence-electron chi connectivity index (χ4n) is 2.99. The van der Waals surface area contributed by atoms with E-state index in [9.17, 15) is 9.18 Å². The number of nitrogens with one attached hydrogen (secondary N) is 1. The van der Waals surface area contributed by atoms with Gasteiger partial charge in [-0.05, 0) is 51.1 Å². The first-order valence-corrected chi connectivity index (χ1v) is 8.76. The van der Waals surface area contributed by atoms with Crippen LogP contribution in [-0.2, 0) is 0 Å². The summed E-state index contributed by atoms with van der Waals surface area (Å²) in [6, 6.07) is 9.45. The number of amides is 1. The van der Waals surface area contributed by atoms with Gasteiger partial charge in [0.05, 0.1) is 5.69 Å². The van der Waals surface area contributed by atoms with E-state index in [1.807, 2.05) is 25.5 Å². The molecule has 0 spiro atoms. The van der Waals surface area contributed by atoms with Crippen molar-refractivity contribution in [3.8, 4) is 11.3 Å². The molecule has 0 unspecified atom stereocenters. The number of aryl methyl sites for hydroxylation is 1. The second kappa shape index (κ2) is 6.84. The molecule has 1 amide bonds. The topological polar surface area (TPSA) is 90.0 Å². The Morgan fingerprint density at radius 3 is 2.61 bits per heavy atom. The molecule has 9 heteroatoms. The minimum Gasteiger partial charge on any atom is -0.304 e. The van der Waals surface area contributed by atoms with Crippen molar-refractivity contribution in [1.29, 1.82) is 0 Å². The number of nitrogens with zero attached hydrogens (tertiary/aromatic N) is 6. The van der Waals surface area contributed by atoms with Gasteiger partial charge in [-0.25, -0.2) is 9.37 Å². The molecule has 1 N–H and O–H groups in total. The summed E-state index contributed by atoms with van der Waals surface area (Å²) in [6.07, 6.45) is 1.32. The first kappa shape index (κ1) is 17.8. The number of fused-ring (bicyclic) bond motifs is 1. The monoisotopic (exact) mass is 379 g/mol. The van der Waals surface area contributed by atoms with E-state index in [-0.39, 0.29) is 23.3 Å². The van der Waals surface area contributed by atoms with Gasteiger partial charge < -0.3 is 5.32 Å². The van der Waals surface area contributed by atoms with Crippen molar-refractivity contribution >= 4 is 17.5 Å². The highest BCUT2D eigenvalue weighted by molar-refractivity contribution is 6.03. The number of halogens is 1. The van der Waals surface area contributed by atoms with Gasteiger partial charge in [0.15, 0.2) is 5.82 Å². The van der Waals surface area contributed by atoms with Gasteiger partial charge in [0, 0.05) is 23.4 Å². The van der Waals surface area contributed by atoms with Crippen LogP contribution < -0.4 is 5.32 Å². The zero-order valence-electron chi connectivity index (χ0n) is 15.6. The van der Waals surface area contributed by atoms with Crippen molar-refractivity contribution in [2.75, 3.05) is 5.32 Å². The second-order valence-corrected chi connectivity index (χ2v) is 6.67. The number of benzene rings is 1. The van der Waals surface area contributed by atoms with Crippen LogP contribution >= 0.6 is 0 Å². The van der Waals surface area contributed by atoms with Gasteiger partial charge in [-0.3, -0.25) is 9.48 Å². The van der Waals surface area contributed by atoms with Crippen LogP contribution in [0.5, 0.6) is 0 Å². The maximum atomic E-state index is 13.2. The number of carbonyl (C=O) groups excluding carboxylic acids is 1. The Morgan fingerprint density at radius 1 is 1.18 bits per heavy atom. The quantitative estimate of drug-likeness (QED) is 0.588. The molecule has 4 aromatic rings. The van der Waals surface area contributed by atoms with Crippen LogP contribution in [0.15, 0.2) is 42.7 Å².